The molecule has 0 amide bonds. The number of nitrogens with zero attached hydrogens (tertiary/aromatic N) is 1. The maximum absolute atomic E-state index is 11.5. The highest BCUT2D eigenvalue weighted by Crippen LogP contribution is 2.13. The summed E-state index contributed by atoms with van der Waals surface area (Å²) in [5.74, 6) is -0.644. The molecule has 0 spiro atoms. The summed E-state index contributed by atoms with van der Waals surface area (Å²) in [5, 5.41) is 0. The smallest absolute Gasteiger partial charge is 0.311 e. The number of hydrogen-bond acceptors (Lipinski definition) is 4. The third-order valence-corrected chi connectivity index (χ3v) is 1.61. The molecule has 0 aromatic heterocycles. The summed E-state index contributed by atoms with van der Waals surface area (Å²) in [6.07, 6.45) is 2.03. The van der Waals surface area contributed by atoms with Gasteiger partial charge in [-0.1, -0.05) is 6.92 Å². The van der Waals surface area contributed by atoms with Crippen molar-refractivity contribution in [1.82, 2.24) is 0 Å². The van der Waals surface area contributed by atoms with Crippen LogP contribution < -0.4 is 0 Å². The molecule has 0 rings (SSSR count). The van der Waals surface area contributed by atoms with Crippen LogP contribution in [0.3, 0.4) is 0 Å². The molecule has 1 atom stereocenters. The van der Waals surface area contributed by atoms with Gasteiger partial charge in [-0.2, -0.15) is 0 Å². The van der Waals surface area contributed by atoms with Crippen LogP contribution in [0.1, 0.15) is 34.1 Å². The van der Waals surface area contributed by atoms with E-state index in [9.17, 15) is 9.59 Å². The van der Waals surface area contributed by atoms with Gasteiger partial charge in [-0.15, -0.1) is 0 Å². The summed E-state index contributed by atoms with van der Waals surface area (Å²) in [6, 6.07) is 0. The number of carbonyl (C=O) groups is 1. The Bertz CT molecular complexity index is 236. The molecule has 0 saturated heterocycles. The predicted octanol–water partition coefficient (Wildman–Crippen LogP) is 1.69. The molecule has 0 heterocycles. The van der Waals surface area contributed by atoms with Crippen LogP contribution in [-0.2, 0) is 14.3 Å². The second kappa shape index (κ2) is 5.55. The van der Waals surface area contributed by atoms with Gasteiger partial charge in [0.15, 0.2) is 0 Å². The number of carbonyl (C=O) groups excluding carboxylic acids is 2. The van der Waals surface area contributed by atoms with Crippen molar-refractivity contribution in [1.29, 1.82) is 0 Å². The van der Waals surface area contributed by atoms with Crippen molar-refractivity contribution < 1.29 is 14.3 Å². The monoisotopic (exact) mass is 199 g/mol. The number of isocyanates is 1. The van der Waals surface area contributed by atoms with Crippen molar-refractivity contribution in [2.75, 3.05) is 6.54 Å². The molecular formula is C10H17NO3. The van der Waals surface area contributed by atoms with E-state index in [0.29, 0.717) is 6.42 Å². The Labute approximate surface area is 84.4 Å². The lowest BCUT2D eigenvalue weighted by Gasteiger charge is -2.22. The summed E-state index contributed by atoms with van der Waals surface area (Å²) in [7, 11) is 0. The van der Waals surface area contributed by atoms with Crippen molar-refractivity contribution in [2.45, 2.75) is 39.7 Å². The number of aliphatic imine (C=N–C) groups is 1. The van der Waals surface area contributed by atoms with E-state index in [0.717, 1.165) is 0 Å². The highest BCUT2D eigenvalue weighted by molar-refractivity contribution is 5.73. The minimum absolute atomic E-state index is 0.162. The van der Waals surface area contributed by atoms with Gasteiger partial charge in [0.2, 0.25) is 6.08 Å². The van der Waals surface area contributed by atoms with Crippen LogP contribution >= 0.6 is 0 Å². The van der Waals surface area contributed by atoms with Crippen LogP contribution in [-0.4, -0.2) is 24.2 Å². The second-order valence-corrected chi connectivity index (χ2v) is 4.07. The Balaban J connectivity index is 4.24. The average molecular weight is 199 g/mol. The van der Waals surface area contributed by atoms with Crippen molar-refractivity contribution in [3.8, 4) is 0 Å². The molecule has 4 heteroatoms. The van der Waals surface area contributed by atoms with Crippen molar-refractivity contribution in [3.05, 3.63) is 0 Å². The lowest BCUT2D eigenvalue weighted by Crippen LogP contribution is -2.29. The molecular weight excluding hydrogens is 182 g/mol. The van der Waals surface area contributed by atoms with E-state index in [4.69, 9.17) is 4.74 Å². The summed E-state index contributed by atoms with van der Waals surface area (Å²) in [4.78, 5) is 24.8. The van der Waals surface area contributed by atoms with Crippen molar-refractivity contribution >= 4 is 12.0 Å². The lowest BCUT2D eigenvalue weighted by atomic mass is 10.1. The third kappa shape index (κ3) is 5.49. The van der Waals surface area contributed by atoms with E-state index in [1.807, 2.05) is 6.92 Å². The lowest BCUT2D eigenvalue weighted by molar-refractivity contribution is -0.159. The molecule has 0 aliphatic carbocycles. The molecule has 0 bridgehead atoms. The van der Waals surface area contributed by atoms with E-state index in [-0.39, 0.29) is 18.4 Å². The standard InChI is InChI=1S/C10H17NO3/c1-5-8(6-11-7-12)9(13)14-10(2,3)4/h8H,5-6H2,1-4H3. The quantitative estimate of drug-likeness (QED) is 0.393. The van der Waals surface area contributed by atoms with Crippen molar-refractivity contribution in [3.63, 3.8) is 0 Å². The molecule has 0 N–H and O–H groups in total. The van der Waals surface area contributed by atoms with Gasteiger partial charge in [-0.25, -0.2) is 9.79 Å². The SMILES string of the molecule is CCC(CN=C=O)C(=O)OC(C)(C)C. The van der Waals surface area contributed by atoms with Gasteiger partial charge in [-0.05, 0) is 27.2 Å². The zero-order valence-electron chi connectivity index (χ0n) is 9.16. The molecule has 0 saturated carbocycles. The van der Waals surface area contributed by atoms with Gasteiger partial charge in [0, 0.05) is 0 Å². The van der Waals surface area contributed by atoms with Gasteiger partial charge in [-0.3, -0.25) is 4.79 Å². The zero-order valence-corrected chi connectivity index (χ0v) is 9.16. The van der Waals surface area contributed by atoms with Crippen LogP contribution in [0.15, 0.2) is 4.99 Å². The zero-order chi connectivity index (χ0) is 11.2. The van der Waals surface area contributed by atoms with Crippen molar-refractivity contribution in [2.24, 2.45) is 10.9 Å². The Morgan fingerprint density at radius 1 is 1.50 bits per heavy atom. The number of ether oxygens (including phenoxy) is 1. The molecule has 4 nitrogen and oxygen atoms in total. The summed E-state index contributed by atoms with van der Waals surface area (Å²) >= 11 is 0. The Morgan fingerprint density at radius 2 is 2.07 bits per heavy atom. The Kier molecular flexibility index (Phi) is 5.10. The van der Waals surface area contributed by atoms with Crippen LogP contribution in [0.25, 0.3) is 0 Å². The van der Waals surface area contributed by atoms with Gasteiger partial charge in [0.1, 0.15) is 5.60 Å². The van der Waals surface area contributed by atoms with Gasteiger partial charge < -0.3 is 4.74 Å². The highest BCUT2D eigenvalue weighted by atomic mass is 16.6. The molecule has 0 fully saturated rings. The first-order chi connectivity index (χ1) is 6.40. The average Bonchev–Trinajstić information content (AvgIpc) is 2.02. The fraction of sp³-hybridized carbons (Fsp3) is 0.800. The van der Waals surface area contributed by atoms with E-state index < -0.39 is 5.60 Å². The topological polar surface area (TPSA) is 55.7 Å². The maximum Gasteiger partial charge on any atom is 0.311 e. The number of hydrogen-bond donors (Lipinski definition) is 0. The number of esters is 1. The molecule has 0 aromatic carbocycles. The fourth-order valence-corrected chi connectivity index (χ4v) is 0.903. The van der Waals surface area contributed by atoms with E-state index >= 15 is 0 Å². The number of rotatable bonds is 4. The van der Waals surface area contributed by atoms with Gasteiger partial charge in [0.05, 0.1) is 12.5 Å². The fourth-order valence-electron chi connectivity index (χ4n) is 0.903. The van der Waals surface area contributed by atoms with Crippen LogP contribution in [0.5, 0.6) is 0 Å². The Hall–Kier alpha value is -1.15. The minimum atomic E-state index is -0.491. The first-order valence-corrected chi connectivity index (χ1v) is 4.67. The molecule has 80 valence electrons. The molecule has 0 aromatic rings. The molecule has 0 radical (unpaired) electrons. The van der Waals surface area contributed by atoms with Crippen LogP contribution in [0.4, 0.5) is 0 Å². The third-order valence-electron chi connectivity index (χ3n) is 1.61. The maximum atomic E-state index is 11.5. The van der Waals surface area contributed by atoms with E-state index in [2.05, 4.69) is 4.99 Å². The summed E-state index contributed by atoms with van der Waals surface area (Å²) < 4.78 is 5.16. The summed E-state index contributed by atoms with van der Waals surface area (Å²) in [5.41, 5.74) is -0.491. The van der Waals surface area contributed by atoms with Gasteiger partial charge in [0.25, 0.3) is 0 Å². The molecule has 14 heavy (non-hydrogen) atoms. The molecule has 1 unspecified atom stereocenters. The van der Waals surface area contributed by atoms with Gasteiger partial charge >= 0.3 is 5.97 Å². The highest BCUT2D eigenvalue weighted by Gasteiger charge is 2.23. The van der Waals surface area contributed by atoms with Crippen LogP contribution in [0, 0.1) is 5.92 Å². The van der Waals surface area contributed by atoms with E-state index in [1.165, 1.54) is 6.08 Å². The first-order valence-electron chi connectivity index (χ1n) is 4.67. The second-order valence-electron chi connectivity index (χ2n) is 4.07. The first kappa shape index (κ1) is 12.8. The largest absolute Gasteiger partial charge is 0.460 e. The summed E-state index contributed by atoms with van der Waals surface area (Å²) in [6.45, 7) is 7.44. The Morgan fingerprint density at radius 3 is 2.43 bits per heavy atom. The van der Waals surface area contributed by atoms with Crippen LogP contribution in [0.2, 0.25) is 0 Å². The normalized spacial score (nSPS) is 12.9. The molecule has 0 aliphatic heterocycles. The van der Waals surface area contributed by atoms with E-state index in [1.54, 1.807) is 20.8 Å². The minimum Gasteiger partial charge on any atom is -0.460 e. The predicted molar refractivity (Wildman–Crippen MR) is 52.6 cm³/mol. The molecule has 0 aliphatic rings.